The molecule has 0 fully saturated rings. The van der Waals surface area contributed by atoms with Gasteiger partial charge in [0, 0.05) is 10.0 Å². The molecule has 0 aliphatic carbocycles. The Labute approximate surface area is 105 Å². The minimum Gasteiger partial charge on any atom is -0.478 e. The van der Waals surface area contributed by atoms with Crippen LogP contribution in [0.25, 0.3) is 11.3 Å². The smallest absolute Gasteiger partial charge is 0.338 e. The minimum absolute atomic E-state index is 0.0333. The van der Waals surface area contributed by atoms with E-state index in [1.54, 1.807) is 18.2 Å². The van der Waals surface area contributed by atoms with E-state index in [-0.39, 0.29) is 10.6 Å². The van der Waals surface area contributed by atoms with Crippen LogP contribution in [0.15, 0.2) is 39.4 Å². The van der Waals surface area contributed by atoms with Crippen LogP contribution in [-0.2, 0) is 0 Å². The van der Waals surface area contributed by atoms with Crippen LogP contribution in [0.1, 0.15) is 10.4 Å². The maximum Gasteiger partial charge on any atom is 0.338 e. The van der Waals surface area contributed by atoms with Gasteiger partial charge in [-0.15, -0.1) is 0 Å². The normalized spacial score (nSPS) is 10.4. The van der Waals surface area contributed by atoms with Crippen molar-refractivity contribution >= 4 is 33.5 Å². The molecule has 0 atom stereocenters. The van der Waals surface area contributed by atoms with Crippen molar-refractivity contribution in [3.8, 4) is 11.3 Å². The zero-order valence-corrected chi connectivity index (χ0v) is 10.2. The quantitative estimate of drug-likeness (QED) is 0.910. The second kappa shape index (κ2) is 4.31. The van der Waals surface area contributed by atoms with Crippen LogP contribution in [-0.4, -0.2) is 11.1 Å². The number of benzene rings is 1. The number of furan rings is 1. The van der Waals surface area contributed by atoms with Crippen molar-refractivity contribution < 1.29 is 14.3 Å². The molecule has 2 aromatic rings. The predicted molar refractivity (Wildman–Crippen MR) is 63.8 cm³/mol. The Balaban J connectivity index is 2.76. The summed E-state index contributed by atoms with van der Waals surface area (Å²) in [4.78, 5) is 11.1. The molecule has 0 spiro atoms. The molecule has 0 radical (unpaired) electrons. The summed E-state index contributed by atoms with van der Waals surface area (Å²) in [5.41, 5.74) is 0.482. The Kier molecular flexibility index (Phi) is 3.03. The molecular formula is C11H6BrClO3. The van der Waals surface area contributed by atoms with Crippen LogP contribution >= 0.6 is 27.5 Å². The molecule has 16 heavy (non-hydrogen) atoms. The fraction of sp³-hybridized carbons (Fsp3) is 0. The average Bonchev–Trinajstić information content (AvgIpc) is 2.73. The third-order valence-corrected chi connectivity index (χ3v) is 3.06. The highest BCUT2D eigenvalue weighted by molar-refractivity contribution is 9.10. The third-order valence-electron chi connectivity index (χ3n) is 2.09. The molecule has 0 aliphatic rings. The van der Waals surface area contributed by atoms with Crippen LogP contribution in [0.4, 0.5) is 0 Å². The monoisotopic (exact) mass is 300 g/mol. The first-order valence-electron chi connectivity index (χ1n) is 4.36. The molecule has 0 bridgehead atoms. The zero-order valence-electron chi connectivity index (χ0n) is 7.91. The molecule has 0 saturated heterocycles. The molecule has 0 amide bonds. The molecule has 0 saturated carbocycles. The number of rotatable bonds is 2. The SMILES string of the molecule is O=C(O)c1c(Cl)ccc(Br)c1-c1ccco1. The van der Waals surface area contributed by atoms with E-state index in [0.29, 0.717) is 15.8 Å². The van der Waals surface area contributed by atoms with Crippen molar-refractivity contribution in [3.63, 3.8) is 0 Å². The summed E-state index contributed by atoms with van der Waals surface area (Å²) in [6.45, 7) is 0. The van der Waals surface area contributed by atoms with E-state index in [4.69, 9.17) is 21.1 Å². The van der Waals surface area contributed by atoms with E-state index in [1.807, 2.05) is 0 Å². The third kappa shape index (κ3) is 1.86. The Bertz CT molecular complexity index is 534. The van der Waals surface area contributed by atoms with E-state index in [1.165, 1.54) is 12.3 Å². The first-order chi connectivity index (χ1) is 7.61. The van der Waals surface area contributed by atoms with Gasteiger partial charge in [-0.05, 0) is 24.3 Å². The maximum absolute atomic E-state index is 11.1. The second-order valence-corrected chi connectivity index (χ2v) is 4.32. The van der Waals surface area contributed by atoms with E-state index in [0.717, 1.165) is 0 Å². The van der Waals surface area contributed by atoms with Crippen LogP contribution in [0.2, 0.25) is 5.02 Å². The molecule has 1 N–H and O–H groups in total. The topological polar surface area (TPSA) is 50.4 Å². The summed E-state index contributed by atoms with van der Waals surface area (Å²) in [5, 5.41) is 9.31. The highest BCUT2D eigenvalue weighted by atomic mass is 79.9. The molecular weight excluding hydrogens is 295 g/mol. The Morgan fingerprint density at radius 2 is 2.12 bits per heavy atom. The summed E-state index contributed by atoms with van der Waals surface area (Å²) in [7, 11) is 0. The number of carboxylic acids is 1. The lowest BCUT2D eigenvalue weighted by Gasteiger charge is -2.07. The first-order valence-corrected chi connectivity index (χ1v) is 5.53. The van der Waals surface area contributed by atoms with Crippen molar-refractivity contribution in [1.29, 1.82) is 0 Å². The van der Waals surface area contributed by atoms with Gasteiger partial charge in [0.05, 0.1) is 16.8 Å². The molecule has 2 rings (SSSR count). The van der Waals surface area contributed by atoms with Gasteiger partial charge in [0.25, 0.3) is 0 Å². The van der Waals surface area contributed by atoms with Crippen LogP contribution in [0, 0.1) is 0 Å². The van der Waals surface area contributed by atoms with Crippen molar-refractivity contribution in [2.45, 2.75) is 0 Å². The van der Waals surface area contributed by atoms with Crippen LogP contribution < -0.4 is 0 Å². The number of aromatic carboxylic acids is 1. The molecule has 3 nitrogen and oxygen atoms in total. The van der Waals surface area contributed by atoms with Gasteiger partial charge in [-0.25, -0.2) is 4.79 Å². The highest BCUT2D eigenvalue weighted by Crippen LogP contribution is 2.35. The molecule has 1 aromatic heterocycles. The van der Waals surface area contributed by atoms with Gasteiger partial charge in [0.1, 0.15) is 5.76 Å². The summed E-state index contributed by atoms with van der Waals surface area (Å²) in [6.07, 6.45) is 1.48. The predicted octanol–water partition coefficient (Wildman–Crippen LogP) is 4.06. The summed E-state index contributed by atoms with van der Waals surface area (Å²) >= 11 is 9.16. The van der Waals surface area contributed by atoms with Crippen molar-refractivity contribution in [3.05, 3.63) is 45.6 Å². The number of hydrogen-bond acceptors (Lipinski definition) is 2. The highest BCUT2D eigenvalue weighted by Gasteiger charge is 2.20. The Morgan fingerprint density at radius 1 is 1.38 bits per heavy atom. The van der Waals surface area contributed by atoms with Crippen molar-refractivity contribution in [1.82, 2.24) is 0 Å². The summed E-state index contributed by atoms with van der Waals surface area (Å²) in [5.74, 6) is -0.621. The fourth-order valence-corrected chi connectivity index (χ4v) is 2.19. The largest absolute Gasteiger partial charge is 0.478 e. The maximum atomic E-state index is 11.1. The van der Waals surface area contributed by atoms with Crippen LogP contribution in [0.3, 0.4) is 0 Å². The van der Waals surface area contributed by atoms with Gasteiger partial charge in [-0.1, -0.05) is 27.5 Å². The molecule has 0 aliphatic heterocycles. The van der Waals surface area contributed by atoms with Crippen molar-refractivity contribution in [2.24, 2.45) is 0 Å². The number of halogens is 2. The van der Waals surface area contributed by atoms with Gasteiger partial charge in [0.2, 0.25) is 0 Å². The minimum atomic E-state index is -1.09. The summed E-state index contributed by atoms with van der Waals surface area (Å²) < 4.78 is 5.82. The van der Waals surface area contributed by atoms with E-state index >= 15 is 0 Å². The van der Waals surface area contributed by atoms with Crippen molar-refractivity contribution in [2.75, 3.05) is 0 Å². The standard InChI is InChI=1S/C11H6BrClO3/c12-6-3-4-7(13)10(11(14)15)9(6)8-2-1-5-16-8/h1-5H,(H,14,15). The second-order valence-electron chi connectivity index (χ2n) is 3.06. The molecule has 82 valence electrons. The van der Waals surface area contributed by atoms with Gasteiger partial charge in [0.15, 0.2) is 0 Å². The lowest BCUT2D eigenvalue weighted by molar-refractivity contribution is 0.0697. The average molecular weight is 302 g/mol. The van der Waals surface area contributed by atoms with Crippen LogP contribution in [0.5, 0.6) is 0 Å². The van der Waals surface area contributed by atoms with Gasteiger partial charge < -0.3 is 9.52 Å². The Hall–Kier alpha value is -1.26. The molecule has 1 aromatic carbocycles. The molecule has 5 heteroatoms. The Morgan fingerprint density at radius 3 is 2.69 bits per heavy atom. The molecule has 0 unspecified atom stereocenters. The molecule has 1 heterocycles. The fourth-order valence-electron chi connectivity index (χ4n) is 1.42. The van der Waals surface area contributed by atoms with E-state index in [2.05, 4.69) is 15.9 Å². The van der Waals surface area contributed by atoms with Gasteiger partial charge in [-0.3, -0.25) is 0 Å². The van der Waals surface area contributed by atoms with Gasteiger partial charge in [-0.2, -0.15) is 0 Å². The lowest BCUT2D eigenvalue weighted by atomic mass is 10.1. The van der Waals surface area contributed by atoms with Gasteiger partial charge >= 0.3 is 5.97 Å². The van der Waals surface area contributed by atoms with E-state index < -0.39 is 5.97 Å². The first kappa shape index (κ1) is 11.2. The number of hydrogen-bond donors (Lipinski definition) is 1. The zero-order chi connectivity index (χ0) is 11.7. The number of carboxylic acid groups (broad SMARTS) is 1. The number of carbonyl (C=O) groups is 1. The lowest BCUT2D eigenvalue weighted by Crippen LogP contribution is -2.01. The summed E-state index contributed by atoms with van der Waals surface area (Å²) in [6, 6.07) is 6.59. The van der Waals surface area contributed by atoms with E-state index in [9.17, 15) is 4.79 Å².